The molecule has 24 heavy (non-hydrogen) atoms. The van der Waals surface area contributed by atoms with Crippen molar-refractivity contribution in [1.82, 2.24) is 0 Å². The van der Waals surface area contributed by atoms with Crippen molar-refractivity contribution in [3.05, 3.63) is 52.5 Å². The Morgan fingerprint density at radius 3 is 2.58 bits per heavy atom. The van der Waals surface area contributed by atoms with Crippen LogP contribution >= 0.6 is 15.9 Å². The zero-order valence-corrected chi connectivity index (χ0v) is 15.7. The molecule has 2 aromatic rings. The third-order valence-electron chi connectivity index (χ3n) is 3.50. The van der Waals surface area contributed by atoms with Gasteiger partial charge in [0.05, 0.1) is 23.9 Å². The zero-order valence-electron chi connectivity index (χ0n) is 14.1. The zero-order chi connectivity index (χ0) is 17.5. The summed E-state index contributed by atoms with van der Waals surface area (Å²) in [6.07, 6.45) is 0.989. The molecule has 0 unspecified atom stereocenters. The van der Waals surface area contributed by atoms with E-state index in [4.69, 9.17) is 9.47 Å². The normalized spacial score (nSPS) is 10.5. The van der Waals surface area contributed by atoms with E-state index in [0.717, 1.165) is 16.6 Å². The van der Waals surface area contributed by atoms with Gasteiger partial charge in [0.25, 0.3) is 5.91 Å². The Balaban J connectivity index is 2.06. The van der Waals surface area contributed by atoms with Gasteiger partial charge in [0.1, 0.15) is 11.5 Å². The van der Waals surface area contributed by atoms with Crippen molar-refractivity contribution >= 4 is 27.5 Å². The van der Waals surface area contributed by atoms with Gasteiger partial charge in [0, 0.05) is 5.56 Å². The molecule has 0 atom stereocenters. The number of para-hydroxylation sites is 2. The van der Waals surface area contributed by atoms with Crippen LogP contribution in [0, 0.1) is 5.92 Å². The lowest BCUT2D eigenvalue weighted by molar-refractivity contribution is 0.102. The second-order valence-electron chi connectivity index (χ2n) is 5.83. The highest BCUT2D eigenvalue weighted by Crippen LogP contribution is 2.28. The molecule has 0 aliphatic heterocycles. The third-order valence-corrected chi connectivity index (χ3v) is 4.12. The number of halogens is 1. The number of amides is 1. The summed E-state index contributed by atoms with van der Waals surface area (Å²) in [6, 6.07) is 12.6. The third kappa shape index (κ3) is 4.99. The molecule has 0 aliphatic carbocycles. The van der Waals surface area contributed by atoms with E-state index in [1.54, 1.807) is 31.4 Å². The van der Waals surface area contributed by atoms with Gasteiger partial charge in [-0.15, -0.1) is 0 Å². The molecule has 0 aromatic heterocycles. The number of methoxy groups -OCH3 is 1. The summed E-state index contributed by atoms with van der Waals surface area (Å²) in [4.78, 5) is 12.4. The van der Waals surface area contributed by atoms with Gasteiger partial charge < -0.3 is 14.8 Å². The summed E-state index contributed by atoms with van der Waals surface area (Å²) in [7, 11) is 1.57. The molecule has 0 radical (unpaired) electrons. The summed E-state index contributed by atoms with van der Waals surface area (Å²) < 4.78 is 11.7. The molecular formula is C19H22BrNO3. The van der Waals surface area contributed by atoms with Gasteiger partial charge in [0.2, 0.25) is 0 Å². The van der Waals surface area contributed by atoms with Crippen molar-refractivity contribution in [1.29, 1.82) is 0 Å². The number of hydrogen-bond acceptors (Lipinski definition) is 3. The molecular weight excluding hydrogens is 370 g/mol. The van der Waals surface area contributed by atoms with Crippen molar-refractivity contribution in [3.8, 4) is 11.5 Å². The first-order chi connectivity index (χ1) is 11.5. The van der Waals surface area contributed by atoms with Crippen LogP contribution in [0.1, 0.15) is 30.6 Å². The molecule has 0 saturated heterocycles. The van der Waals surface area contributed by atoms with Gasteiger partial charge in [0.15, 0.2) is 0 Å². The standard InChI is InChI=1S/C19H22BrNO3/c1-13(2)10-11-24-17-9-8-14(12-15(17)20)19(22)21-16-6-4-5-7-18(16)23-3/h4-9,12-13H,10-11H2,1-3H3,(H,21,22). The van der Waals surface area contributed by atoms with Crippen LogP contribution in [0.2, 0.25) is 0 Å². The summed E-state index contributed by atoms with van der Waals surface area (Å²) in [5.41, 5.74) is 1.18. The molecule has 2 aromatic carbocycles. The van der Waals surface area contributed by atoms with Crippen LogP contribution < -0.4 is 14.8 Å². The Hall–Kier alpha value is -2.01. The highest BCUT2D eigenvalue weighted by Gasteiger charge is 2.12. The number of ether oxygens (including phenoxy) is 2. The van der Waals surface area contributed by atoms with E-state index in [0.29, 0.717) is 29.5 Å². The quantitative estimate of drug-likeness (QED) is 0.710. The monoisotopic (exact) mass is 391 g/mol. The van der Waals surface area contributed by atoms with E-state index in [1.165, 1.54) is 0 Å². The highest BCUT2D eigenvalue weighted by atomic mass is 79.9. The van der Waals surface area contributed by atoms with E-state index in [9.17, 15) is 4.79 Å². The van der Waals surface area contributed by atoms with Crippen LogP contribution in [0.5, 0.6) is 11.5 Å². The number of anilines is 1. The summed E-state index contributed by atoms with van der Waals surface area (Å²) in [5.74, 6) is 1.76. The number of carbonyl (C=O) groups is 1. The molecule has 128 valence electrons. The first-order valence-electron chi connectivity index (χ1n) is 7.88. The van der Waals surface area contributed by atoms with Gasteiger partial charge in [-0.05, 0) is 58.6 Å². The maximum Gasteiger partial charge on any atom is 0.255 e. The minimum atomic E-state index is -0.200. The molecule has 0 bridgehead atoms. The smallest absolute Gasteiger partial charge is 0.255 e. The van der Waals surface area contributed by atoms with Gasteiger partial charge in [-0.2, -0.15) is 0 Å². The van der Waals surface area contributed by atoms with Crippen LogP contribution in [0.15, 0.2) is 46.9 Å². The predicted octanol–water partition coefficient (Wildman–Crippen LogP) is 5.13. The van der Waals surface area contributed by atoms with Crippen molar-refractivity contribution in [2.75, 3.05) is 19.0 Å². The lowest BCUT2D eigenvalue weighted by atomic mass is 10.1. The fraction of sp³-hybridized carbons (Fsp3) is 0.316. The molecule has 0 fully saturated rings. The number of hydrogen-bond donors (Lipinski definition) is 1. The average molecular weight is 392 g/mol. The van der Waals surface area contributed by atoms with E-state index in [-0.39, 0.29) is 5.91 Å². The minimum absolute atomic E-state index is 0.200. The molecule has 1 N–H and O–H groups in total. The van der Waals surface area contributed by atoms with Crippen molar-refractivity contribution in [3.63, 3.8) is 0 Å². The van der Waals surface area contributed by atoms with Crippen LogP contribution in [0.25, 0.3) is 0 Å². The van der Waals surface area contributed by atoms with Gasteiger partial charge >= 0.3 is 0 Å². The van der Waals surface area contributed by atoms with E-state index in [2.05, 4.69) is 35.1 Å². The predicted molar refractivity (Wildman–Crippen MR) is 100 cm³/mol. The van der Waals surface area contributed by atoms with Gasteiger partial charge in [-0.25, -0.2) is 0 Å². The highest BCUT2D eigenvalue weighted by molar-refractivity contribution is 9.10. The maximum absolute atomic E-state index is 12.4. The Kier molecular flexibility index (Phi) is 6.67. The van der Waals surface area contributed by atoms with Gasteiger partial charge in [-0.1, -0.05) is 26.0 Å². The first kappa shape index (κ1) is 18.3. The topological polar surface area (TPSA) is 47.6 Å². The molecule has 1 amide bonds. The lowest BCUT2D eigenvalue weighted by Crippen LogP contribution is -2.12. The van der Waals surface area contributed by atoms with Gasteiger partial charge in [-0.3, -0.25) is 4.79 Å². The fourth-order valence-corrected chi connectivity index (χ4v) is 2.60. The maximum atomic E-state index is 12.4. The van der Waals surface area contributed by atoms with Crippen molar-refractivity contribution < 1.29 is 14.3 Å². The summed E-state index contributed by atoms with van der Waals surface area (Å²) in [5, 5.41) is 2.86. The lowest BCUT2D eigenvalue weighted by Gasteiger charge is -2.12. The number of carbonyl (C=O) groups excluding carboxylic acids is 1. The minimum Gasteiger partial charge on any atom is -0.495 e. The van der Waals surface area contributed by atoms with E-state index < -0.39 is 0 Å². The second kappa shape index (κ2) is 8.73. The van der Waals surface area contributed by atoms with Crippen LogP contribution in [-0.2, 0) is 0 Å². The molecule has 0 heterocycles. The number of rotatable bonds is 7. The molecule has 0 aliphatic rings. The van der Waals surface area contributed by atoms with Crippen LogP contribution in [-0.4, -0.2) is 19.6 Å². The number of benzene rings is 2. The largest absolute Gasteiger partial charge is 0.495 e. The first-order valence-corrected chi connectivity index (χ1v) is 8.67. The van der Waals surface area contributed by atoms with E-state index in [1.807, 2.05) is 18.2 Å². The molecule has 4 nitrogen and oxygen atoms in total. The second-order valence-corrected chi connectivity index (χ2v) is 6.68. The fourth-order valence-electron chi connectivity index (χ4n) is 2.11. The Morgan fingerprint density at radius 2 is 1.92 bits per heavy atom. The average Bonchev–Trinajstić information content (AvgIpc) is 2.56. The molecule has 0 saturated carbocycles. The van der Waals surface area contributed by atoms with E-state index >= 15 is 0 Å². The Morgan fingerprint density at radius 1 is 1.17 bits per heavy atom. The SMILES string of the molecule is COc1ccccc1NC(=O)c1ccc(OCCC(C)C)c(Br)c1. The number of nitrogens with one attached hydrogen (secondary N) is 1. The van der Waals surface area contributed by atoms with Crippen molar-refractivity contribution in [2.45, 2.75) is 20.3 Å². The Labute approximate surface area is 151 Å². The summed E-state index contributed by atoms with van der Waals surface area (Å²) in [6.45, 7) is 4.97. The molecule has 5 heteroatoms. The Bertz CT molecular complexity index is 701. The van der Waals surface area contributed by atoms with Crippen molar-refractivity contribution in [2.24, 2.45) is 5.92 Å². The summed E-state index contributed by atoms with van der Waals surface area (Å²) >= 11 is 3.47. The van der Waals surface area contributed by atoms with Crippen LogP contribution in [0.3, 0.4) is 0 Å². The molecule has 2 rings (SSSR count). The van der Waals surface area contributed by atoms with Crippen LogP contribution in [0.4, 0.5) is 5.69 Å². The molecule has 0 spiro atoms.